The Kier molecular flexibility index (Phi) is 4.68. The van der Waals surface area contributed by atoms with Gasteiger partial charge in [0.05, 0.1) is 28.4 Å². The summed E-state index contributed by atoms with van der Waals surface area (Å²) < 4.78 is 4.00. The number of nitrogen functional groups attached to an aromatic ring is 1. The minimum Gasteiger partial charge on any atom is -0.368 e. The summed E-state index contributed by atoms with van der Waals surface area (Å²) in [6.07, 6.45) is 7.03. The van der Waals surface area contributed by atoms with E-state index in [4.69, 9.17) is 10.7 Å². The lowest BCUT2D eigenvalue weighted by molar-refractivity contribution is 0.413. The van der Waals surface area contributed by atoms with Crippen LogP contribution in [0.3, 0.4) is 0 Å². The highest BCUT2D eigenvalue weighted by Crippen LogP contribution is 2.36. The maximum Gasteiger partial charge on any atom is 0.219 e. The molecule has 0 unspecified atom stereocenters. The van der Waals surface area contributed by atoms with E-state index in [1.165, 1.54) is 0 Å². The first-order valence-electron chi connectivity index (χ1n) is 10.5. The average Bonchev–Trinajstić information content (AvgIpc) is 3.46. The quantitative estimate of drug-likeness (QED) is 0.446. The van der Waals surface area contributed by atoms with E-state index in [0.717, 1.165) is 39.2 Å². The number of fused-ring (bicyclic) bond motifs is 1. The number of hydrogen-bond donors (Lipinski definition) is 1. The van der Waals surface area contributed by atoms with E-state index in [2.05, 4.69) is 52.5 Å². The molecule has 3 heterocycles. The molecular weight excluding hydrogens is 412 g/mol. The molecule has 0 atom stereocenters. The van der Waals surface area contributed by atoms with Crippen molar-refractivity contribution in [3.05, 3.63) is 72.8 Å². The molecule has 0 amide bonds. The van der Waals surface area contributed by atoms with E-state index in [9.17, 15) is 5.26 Å². The molecule has 0 aliphatic rings. The number of nitrogens with two attached hydrogens (primary N) is 1. The molecule has 2 aromatic carbocycles. The van der Waals surface area contributed by atoms with Gasteiger partial charge in [-0.15, -0.1) is 0 Å². The second-order valence-corrected chi connectivity index (χ2v) is 8.77. The van der Waals surface area contributed by atoms with Crippen molar-refractivity contribution in [2.24, 2.45) is 0 Å². The highest BCUT2D eigenvalue weighted by atomic mass is 15.3. The van der Waals surface area contributed by atoms with E-state index in [1.807, 2.05) is 36.5 Å². The number of hydrogen-bond acceptors (Lipinski definition) is 6. The Morgan fingerprint density at radius 3 is 2.45 bits per heavy atom. The number of nitrogens with zero attached hydrogens (tertiary/aromatic N) is 7. The Balaban J connectivity index is 1.78. The maximum atomic E-state index is 9.56. The van der Waals surface area contributed by atoms with Crippen LogP contribution in [-0.4, -0.2) is 29.3 Å². The largest absolute Gasteiger partial charge is 0.368 e. The van der Waals surface area contributed by atoms with Gasteiger partial charge in [-0.1, -0.05) is 6.07 Å². The number of nitriles is 1. The fourth-order valence-corrected chi connectivity index (χ4v) is 4.00. The molecule has 0 aliphatic carbocycles. The number of aromatic nitrogens is 6. The van der Waals surface area contributed by atoms with E-state index < -0.39 is 0 Å². The zero-order chi connectivity index (χ0) is 23.2. The third-order valence-electron chi connectivity index (χ3n) is 5.45. The van der Waals surface area contributed by atoms with E-state index >= 15 is 0 Å². The van der Waals surface area contributed by atoms with Gasteiger partial charge in [-0.3, -0.25) is 0 Å². The van der Waals surface area contributed by atoms with Crippen LogP contribution in [0.2, 0.25) is 0 Å². The molecule has 0 fully saturated rings. The van der Waals surface area contributed by atoms with Gasteiger partial charge in [0.2, 0.25) is 5.95 Å². The minimum atomic E-state index is -0.264. The van der Waals surface area contributed by atoms with Gasteiger partial charge in [0.25, 0.3) is 0 Å². The van der Waals surface area contributed by atoms with Gasteiger partial charge in [-0.2, -0.15) is 10.4 Å². The lowest BCUT2D eigenvalue weighted by atomic mass is 10.0. The third-order valence-corrected chi connectivity index (χ3v) is 5.45. The van der Waals surface area contributed by atoms with Crippen molar-refractivity contribution in [3.63, 3.8) is 0 Å². The molecule has 162 valence electrons. The minimum absolute atomic E-state index is 0.239. The van der Waals surface area contributed by atoms with Crippen molar-refractivity contribution < 1.29 is 0 Å². The third kappa shape index (κ3) is 3.59. The van der Waals surface area contributed by atoms with Crippen LogP contribution >= 0.6 is 0 Å². The molecule has 3 aromatic heterocycles. The highest BCUT2D eigenvalue weighted by Gasteiger charge is 2.25. The summed E-state index contributed by atoms with van der Waals surface area (Å²) in [6, 6.07) is 15.8. The van der Waals surface area contributed by atoms with Crippen LogP contribution in [0.4, 0.5) is 5.95 Å². The molecule has 0 radical (unpaired) electrons. The lowest BCUT2D eigenvalue weighted by Gasteiger charge is -2.25. The monoisotopic (exact) mass is 434 g/mol. The van der Waals surface area contributed by atoms with Crippen LogP contribution in [0, 0.1) is 11.3 Å². The molecule has 0 saturated heterocycles. The highest BCUT2D eigenvalue weighted by molar-refractivity contribution is 5.87. The number of anilines is 1. The molecule has 8 heteroatoms. The molecule has 2 N–H and O–H groups in total. The van der Waals surface area contributed by atoms with Gasteiger partial charge in [-0.05, 0) is 62.7 Å². The van der Waals surface area contributed by atoms with Gasteiger partial charge in [-0.25, -0.2) is 19.6 Å². The molecule has 8 nitrogen and oxygen atoms in total. The van der Waals surface area contributed by atoms with Crippen LogP contribution in [0.15, 0.2) is 67.3 Å². The Morgan fingerprint density at radius 2 is 1.79 bits per heavy atom. The molecule has 0 saturated carbocycles. The molecule has 5 rings (SSSR count). The second-order valence-electron chi connectivity index (χ2n) is 8.77. The van der Waals surface area contributed by atoms with Gasteiger partial charge < -0.3 is 10.3 Å². The summed E-state index contributed by atoms with van der Waals surface area (Å²) in [6.45, 7) is 6.42. The predicted molar refractivity (Wildman–Crippen MR) is 127 cm³/mol. The van der Waals surface area contributed by atoms with Crippen molar-refractivity contribution in [1.29, 1.82) is 5.26 Å². The zero-order valence-corrected chi connectivity index (χ0v) is 18.6. The van der Waals surface area contributed by atoms with Crippen molar-refractivity contribution >= 4 is 17.0 Å². The predicted octanol–water partition coefficient (Wildman–Crippen LogP) is 4.55. The smallest absolute Gasteiger partial charge is 0.219 e. The Bertz CT molecular complexity index is 1500. The Morgan fingerprint density at radius 1 is 1.00 bits per heavy atom. The fraction of sp³-hybridized carbons (Fsp3) is 0.160. The van der Waals surface area contributed by atoms with Crippen LogP contribution in [-0.2, 0) is 5.54 Å². The summed E-state index contributed by atoms with van der Waals surface area (Å²) in [5.74, 6) is 1.01. The second kappa shape index (κ2) is 7.57. The number of imidazole rings is 1. The fourth-order valence-electron chi connectivity index (χ4n) is 4.00. The Hall–Kier alpha value is -4.51. The number of rotatable bonds is 3. The summed E-state index contributed by atoms with van der Waals surface area (Å²) in [4.78, 5) is 13.3. The number of benzene rings is 2. The van der Waals surface area contributed by atoms with E-state index in [1.54, 1.807) is 29.3 Å². The first kappa shape index (κ1) is 20.4. The topological polar surface area (TPSA) is 111 Å². The zero-order valence-electron chi connectivity index (χ0n) is 18.6. The first-order chi connectivity index (χ1) is 15.8. The molecule has 5 aromatic rings. The van der Waals surface area contributed by atoms with E-state index in [-0.39, 0.29) is 11.5 Å². The van der Waals surface area contributed by atoms with Crippen LogP contribution in [0.5, 0.6) is 0 Å². The molecule has 0 spiro atoms. The molecule has 33 heavy (non-hydrogen) atoms. The average molecular weight is 435 g/mol. The van der Waals surface area contributed by atoms with Gasteiger partial charge in [0.15, 0.2) is 0 Å². The van der Waals surface area contributed by atoms with Gasteiger partial charge in [0.1, 0.15) is 5.82 Å². The van der Waals surface area contributed by atoms with Gasteiger partial charge in [0, 0.05) is 41.5 Å². The summed E-state index contributed by atoms with van der Waals surface area (Å²) in [5.41, 5.74) is 11.3. The molecular formula is C25H22N8. The van der Waals surface area contributed by atoms with Crippen molar-refractivity contribution in [2.75, 3.05) is 5.73 Å². The summed E-state index contributed by atoms with van der Waals surface area (Å²) >= 11 is 0. The van der Waals surface area contributed by atoms with Crippen LogP contribution in [0.1, 0.15) is 26.3 Å². The Labute approximate surface area is 191 Å². The van der Waals surface area contributed by atoms with Crippen molar-refractivity contribution in [1.82, 2.24) is 29.3 Å². The SMILES string of the molecule is CC(C)(C)n1c(-c2cc(C#N)ccc2-n2cccn2)nc2cc(-c3cnc(N)nc3)ccc21. The first-order valence-corrected chi connectivity index (χ1v) is 10.5. The normalized spacial score (nSPS) is 11.6. The van der Waals surface area contributed by atoms with Crippen molar-refractivity contribution in [3.8, 4) is 34.3 Å². The van der Waals surface area contributed by atoms with E-state index in [0.29, 0.717) is 5.56 Å². The molecule has 0 bridgehead atoms. The standard InChI is InChI=1S/C25H22N8/c1-25(2,3)33-22-8-6-17(18-14-28-24(27)29-15-18)12-20(22)31-23(33)19-11-16(13-26)5-7-21(19)32-10-4-9-30-32/h4-12,14-15H,1-3H3,(H2,27,28,29). The van der Waals surface area contributed by atoms with Gasteiger partial charge >= 0.3 is 0 Å². The van der Waals surface area contributed by atoms with Crippen molar-refractivity contribution in [2.45, 2.75) is 26.3 Å². The summed E-state index contributed by atoms with van der Waals surface area (Å²) in [5, 5.41) is 14.0. The van der Waals surface area contributed by atoms with Crippen LogP contribution < -0.4 is 5.73 Å². The lowest BCUT2D eigenvalue weighted by Crippen LogP contribution is -2.23. The summed E-state index contributed by atoms with van der Waals surface area (Å²) in [7, 11) is 0. The maximum absolute atomic E-state index is 9.56. The molecule has 0 aliphatic heterocycles. The van der Waals surface area contributed by atoms with Crippen LogP contribution in [0.25, 0.3) is 39.2 Å².